The summed E-state index contributed by atoms with van der Waals surface area (Å²) in [6.07, 6.45) is 0. The average Bonchev–Trinajstić information content (AvgIpc) is 2.54. The lowest BCUT2D eigenvalue weighted by Gasteiger charge is -2.25. The number of carbonyl (C=O) groups is 2. The van der Waals surface area contributed by atoms with Crippen molar-refractivity contribution >= 4 is 11.9 Å². The maximum absolute atomic E-state index is 11.8. The normalized spacial score (nSPS) is 15.1. The molecule has 1 amide bonds. The molecule has 1 aliphatic heterocycles. The van der Waals surface area contributed by atoms with E-state index in [1.807, 2.05) is 35.2 Å². The second kappa shape index (κ2) is 8.31. The Morgan fingerprint density at radius 1 is 1.23 bits per heavy atom. The molecule has 118 valence electrons. The molecule has 0 aliphatic carbocycles. The van der Waals surface area contributed by atoms with E-state index in [1.54, 1.807) is 0 Å². The van der Waals surface area contributed by atoms with Crippen LogP contribution in [0.2, 0.25) is 0 Å². The second-order valence-electron chi connectivity index (χ2n) is 4.98. The fourth-order valence-corrected chi connectivity index (χ4v) is 2.03. The molecule has 2 rings (SSSR count). The predicted molar refractivity (Wildman–Crippen MR) is 80.8 cm³/mol. The van der Waals surface area contributed by atoms with Crippen LogP contribution in [0.25, 0.3) is 0 Å². The van der Waals surface area contributed by atoms with E-state index < -0.39 is 5.97 Å². The molecule has 1 N–H and O–H groups in total. The van der Waals surface area contributed by atoms with Crippen molar-refractivity contribution in [2.24, 2.45) is 0 Å². The lowest BCUT2D eigenvalue weighted by Crippen LogP contribution is -2.43. The third kappa shape index (κ3) is 5.31. The van der Waals surface area contributed by atoms with Crippen LogP contribution in [0.15, 0.2) is 42.6 Å². The van der Waals surface area contributed by atoms with Crippen molar-refractivity contribution < 1.29 is 19.1 Å². The Labute approximate surface area is 129 Å². The predicted octanol–water partition coefficient (Wildman–Crippen LogP) is 0.692. The molecule has 0 atom stereocenters. The van der Waals surface area contributed by atoms with Crippen molar-refractivity contribution in [1.82, 2.24) is 10.2 Å². The van der Waals surface area contributed by atoms with E-state index >= 15 is 0 Å². The first-order chi connectivity index (χ1) is 10.6. The van der Waals surface area contributed by atoms with Gasteiger partial charge in [-0.3, -0.25) is 9.69 Å². The lowest BCUT2D eigenvalue weighted by molar-refractivity contribution is -0.141. The number of carbonyl (C=O) groups excluding carboxylic acids is 2. The number of morpholine rings is 1. The van der Waals surface area contributed by atoms with Gasteiger partial charge in [-0.2, -0.15) is 0 Å². The molecule has 1 aromatic rings. The fourth-order valence-electron chi connectivity index (χ4n) is 2.03. The van der Waals surface area contributed by atoms with E-state index in [0.717, 1.165) is 5.56 Å². The van der Waals surface area contributed by atoms with E-state index in [9.17, 15) is 9.59 Å². The van der Waals surface area contributed by atoms with Gasteiger partial charge in [-0.1, -0.05) is 36.9 Å². The Kier molecular flexibility index (Phi) is 6.12. The largest absolute Gasteiger partial charge is 0.456 e. The summed E-state index contributed by atoms with van der Waals surface area (Å²) in [6.45, 7) is 6.57. The third-order valence-corrected chi connectivity index (χ3v) is 3.22. The number of esters is 1. The van der Waals surface area contributed by atoms with Crippen LogP contribution in [-0.2, 0) is 25.7 Å². The summed E-state index contributed by atoms with van der Waals surface area (Å²) in [7, 11) is 0. The minimum Gasteiger partial charge on any atom is -0.456 e. The zero-order valence-electron chi connectivity index (χ0n) is 12.4. The summed E-state index contributed by atoms with van der Waals surface area (Å²) >= 11 is 0. The summed E-state index contributed by atoms with van der Waals surface area (Å²) in [5, 5.41) is 2.47. The number of rotatable bonds is 6. The average molecular weight is 304 g/mol. The number of amides is 1. The Bertz CT molecular complexity index is 524. The van der Waals surface area contributed by atoms with Crippen LogP contribution < -0.4 is 5.32 Å². The number of benzene rings is 1. The maximum atomic E-state index is 11.8. The second-order valence-corrected chi connectivity index (χ2v) is 4.98. The molecule has 1 aliphatic rings. The van der Waals surface area contributed by atoms with Gasteiger partial charge >= 0.3 is 5.97 Å². The maximum Gasteiger partial charge on any atom is 0.354 e. The number of nitrogens with zero attached hydrogens (tertiary/aromatic N) is 1. The quantitative estimate of drug-likeness (QED) is 0.619. The summed E-state index contributed by atoms with van der Waals surface area (Å²) in [4.78, 5) is 25.6. The van der Waals surface area contributed by atoms with Gasteiger partial charge in [0.05, 0.1) is 19.8 Å². The number of hydrogen-bond acceptors (Lipinski definition) is 5. The molecule has 6 nitrogen and oxygen atoms in total. The smallest absolute Gasteiger partial charge is 0.354 e. The Morgan fingerprint density at radius 3 is 2.59 bits per heavy atom. The van der Waals surface area contributed by atoms with Gasteiger partial charge in [0.25, 0.3) is 0 Å². The summed E-state index contributed by atoms with van der Waals surface area (Å²) in [5.74, 6) is -0.900. The molecule has 22 heavy (non-hydrogen) atoms. The van der Waals surface area contributed by atoms with Crippen LogP contribution in [0.1, 0.15) is 5.56 Å². The molecular formula is C16H20N2O4. The SMILES string of the molecule is C=C(NC(=O)CN1CCOCC1)C(=O)OCc1ccccc1. The van der Waals surface area contributed by atoms with Gasteiger partial charge in [-0.25, -0.2) is 4.79 Å². The number of nitrogens with one attached hydrogen (secondary N) is 1. The highest BCUT2D eigenvalue weighted by atomic mass is 16.5. The molecule has 1 fully saturated rings. The van der Waals surface area contributed by atoms with Crippen molar-refractivity contribution in [2.75, 3.05) is 32.8 Å². The molecule has 0 saturated carbocycles. The van der Waals surface area contributed by atoms with Crippen molar-refractivity contribution in [3.8, 4) is 0 Å². The minimum atomic E-state index is -0.626. The standard InChI is InChI=1S/C16H20N2O4/c1-13(16(20)22-12-14-5-3-2-4-6-14)17-15(19)11-18-7-9-21-10-8-18/h2-6H,1,7-12H2,(H,17,19). The van der Waals surface area contributed by atoms with Gasteiger partial charge in [0, 0.05) is 13.1 Å². The third-order valence-electron chi connectivity index (χ3n) is 3.22. The molecule has 6 heteroatoms. The molecule has 1 aromatic carbocycles. The Morgan fingerprint density at radius 2 is 1.91 bits per heavy atom. The lowest BCUT2D eigenvalue weighted by atomic mass is 10.2. The van der Waals surface area contributed by atoms with Crippen molar-refractivity contribution in [3.05, 3.63) is 48.2 Å². The molecule has 0 radical (unpaired) electrons. The number of ether oxygens (including phenoxy) is 2. The topological polar surface area (TPSA) is 67.9 Å². The van der Waals surface area contributed by atoms with Crippen LogP contribution in [-0.4, -0.2) is 49.6 Å². The Balaban J connectivity index is 1.71. The van der Waals surface area contributed by atoms with E-state index in [0.29, 0.717) is 26.3 Å². The van der Waals surface area contributed by atoms with Gasteiger partial charge in [0.15, 0.2) is 0 Å². The fraction of sp³-hybridized carbons (Fsp3) is 0.375. The van der Waals surface area contributed by atoms with Gasteiger partial charge in [-0.05, 0) is 5.56 Å². The molecule has 0 unspecified atom stereocenters. The highest BCUT2D eigenvalue weighted by Gasteiger charge is 2.17. The first-order valence-electron chi connectivity index (χ1n) is 7.15. The first-order valence-corrected chi connectivity index (χ1v) is 7.15. The van der Waals surface area contributed by atoms with Crippen LogP contribution in [0.4, 0.5) is 0 Å². The van der Waals surface area contributed by atoms with Gasteiger partial charge in [0.2, 0.25) is 5.91 Å². The summed E-state index contributed by atoms with van der Waals surface area (Å²) in [5.41, 5.74) is 0.831. The summed E-state index contributed by atoms with van der Waals surface area (Å²) < 4.78 is 10.3. The van der Waals surface area contributed by atoms with E-state index in [1.165, 1.54) is 0 Å². The minimum absolute atomic E-state index is 0.0470. The Hall–Kier alpha value is -2.18. The van der Waals surface area contributed by atoms with Crippen LogP contribution in [0, 0.1) is 0 Å². The number of hydrogen-bond donors (Lipinski definition) is 1. The van der Waals surface area contributed by atoms with Gasteiger partial charge in [0.1, 0.15) is 12.3 Å². The summed E-state index contributed by atoms with van der Waals surface area (Å²) in [6, 6.07) is 9.32. The molecule has 0 spiro atoms. The highest BCUT2D eigenvalue weighted by Crippen LogP contribution is 2.03. The molecule has 0 aromatic heterocycles. The molecule has 1 saturated heterocycles. The monoisotopic (exact) mass is 304 g/mol. The zero-order valence-corrected chi connectivity index (χ0v) is 12.4. The highest BCUT2D eigenvalue weighted by molar-refractivity contribution is 5.93. The zero-order chi connectivity index (χ0) is 15.8. The van der Waals surface area contributed by atoms with E-state index in [2.05, 4.69) is 11.9 Å². The van der Waals surface area contributed by atoms with Crippen LogP contribution in [0.3, 0.4) is 0 Å². The first kappa shape index (κ1) is 16.2. The van der Waals surface area contributed by atoms with Crippen molar-refractivity contribution in [1.29, 1.82) is 0 Å². The van der Waals surface area contributed by atoms with Crippen LogP contribution in [0.5, 0.6) is 0 Å². The molecule has 1 heterocycles. The van der Waals surface area contributed by atoms with Gasteiger partial charge < -0.3 is 14.8 Å². The molecular weight excluding hydrogens is 284 g/mol. The van der Waals surface area contributed by atoms with E-state index in [4.69, 9.17) is 9.47 Å². The van der Waals surface area contributed by atoms with E-state index in [-0.39, 0.29) is 24.8 Å². The molecule has 0 bridgehead atoms. The van der Waals surface area contributed by atoms with Crippen molar-refractivity contribution in [3.63, 3.8) is 0 Å². The van der Waals surface area contributed by atoms with Crippen LogP contribution >= 0.6 is 0 Å². The van der Waals surface area contributed by atoms with Crippen molar-refractivity contribution in [2.45, 2.75) is 6.61 Å². The van der Waals surface area contributed by atoms with Gasteiger partial charge in [-0.15, -0.1) is 0 Å².